The van der Waals surface area contributed by atoms with E-state index in [1.807, 2.05) is 30.3 Å². The zero-order valence-electron chi connectivity index (χ0n) is 12.3. The highest BCUT2D eigenvalue weighted by Gasteiger charge is 2.34. The molecule has 0 spiro atoms. The van der Waals surface area contributed by atoms with E-state index in [9.17, 15) is 4.79 Å². The molecule has 2 fully saturated rings. The van der Waals surface area contributed by atoms with E-state index in [-0.39, 0.29) is 24.4 Å². The Balaban J connectivity index is 0.00000161. The third kappa shape index (κ3) is 4.21. The van der Waals surface area contributed by atoms with Crippen LogP contribution in [0, 0.1) is 5.92 Å². The van der Waals surface area contributed by atoms with Crippen LogP contribution < -0.4 is 5.32 Å². The van der Waals surface area contributed by atoms with Gasteiger partial charge in [0, 0.05) is 6.04 Å². The smallest absolute Gasteiger partial charge is 0.323 e. The van der Waals surface area contributed by atoms with Crippen molar-refractivity contribution in [2.45, 2.75) is 57.2 Å². The summed E-state index contributed by atoms with van der Waals surface area (Å²) < 4.78 is 5.47. The summed E-state index contributed by atoms with van der Waals surface area (Å²) in [5, 5.41) is 3.54. The molecule has 3 atom stereocenters. The van der Waals surface area contributed by atoms with Gasteiger partial charge in [-0.15, -0.1) is 12.4 Å². The van der Waals surface area contributed by atoms with Crippen molar-refractivity contribution in [3.63, 3.8) is 0 Å². The Hall–Kier alpha value is -1.06. The van der Waals surface area contributed by atoms with Gasteiger partial charge in [0.25, 0.3) is 0 Å². The van der Waals surface area contributed by atoms with Crippen LogP contribution in [-0.4, -0.2) is 18.1 Å². The second kappa shape index (κ2) is 7.81. The van der Waals surface area contributed by atoms with Gasteiger partial charge in [0.05, 0.1) is 0 Å². The molecule has 1 aliphatic heterocycles. The van der Waals surface area contributed by atoms with E-state index in [1.54, 1.807) is 0 Å². The van der Waals surface area contributed by atoms with E-state index in [0.29, 0.717) is 12.6 Å². The predicted molar refractivity (Wildman–Crippen MR) is 85.4 cm³/mol. The molecule has 1 saturated carbocycles. The minimum Gasteiger partial charge on any atom is -0.460 e. The van der Waals surface area contributed by atoms with Crippen molar-refractivity contribution in [3.05, 3.63) is 35.9 Å². The topological polar surface area (TPSA) is 38.3 Å². The number of halogens is 1. The minimum atomic E-state index is -0.105. The van der Waals surface area contributed by atoms with Crippen molar-refractivity contribution in [1.29, 1.82) is 0 Å². The van der Waals surface area contributed by atoms with E-state index in [2.05, 4.69) is 5.32 Å². The van der Waals surface area contributed by atoms with Crippen molar-refractivity contribution in [1.82, 2.24) is 5.32 Å². The Morgan fingerprint density at radius 3 is 2.57 bits per heavy atom. The molecular weight excluding hydrogens is 286 g/mol. The monoisotopic (exact) mass is 309 g/mol. The maximum Gasteiger partial charge on any atom is 0.323 e. The van der Waals surface area contributed by atoms with Gasteiger partial charge in [-0.2, -0.15) is 0 Å². The van der Waals surface area contributed by atoms with Crippen molar-refractivity contribution in [2.75, 3.05) is 0 Å². The lowest BCUT2D eigenvalue weighted by atomic mass is 9.99. The number of ether oxygens (including phenoxy) is 1. The van der Waals surface area contributed by atoms with Crippen molar-refractivity contribution >= 4 is 18.4 Å². The molecule has 1 heterocycles. The van der Waals surface area contributed by atoms with E-state index in [1.165, 1.54) is 25.7 Å². The number of hydrogen-bond donors (Lipinski definition) is 1. The molecule has 0 radical (unpaired) electrons. The molecule has 116 valence electrons. The number of benzene rings is 1. The first-order valence-corrected chi connectivity index (χ1v) is 7.79. The van der Waals surface area contributed by atoms with Crippen molar-refractivity contribution < 1.29 is 9.53 Å². The first-order chi connectivity index (χ1) is 9.83. The summed E-state index contributed by atoms with van der Waals surface area (Å²) in [4.78, 5) is 12.2. The standard InChI is InChI=1S/C17H23NO2.ClH/c19-17(20-12-13-6-2-1-3-7-13)16-11-5-9-14-8-4-10-15(14)18-16;/h1-3,6-7,14-16,18H,4-5,8-12H2;1H/t14-,15+,16-;/m0./s1. The fourth-order valence-electron chi connectivity index (χ4n) is 3.54. The number of hydrogen-bond acceptors (Lipinski definition) is 3. The molecule has 2 aliphatic rings. The Bertz CT molecular complexity index is 451. The fourth-order valence-corrected chi connectivity index (χ4v) is 3.54. The molecule has 0 aromatic heterocycles. The number of nitrogens with one attached hydrogen (secondary N) is 1. The molecule has 0 amide bonds. The Morgan fingerprint density at radius 2 is 1.81 bits per heavy atom. The lowest BCUT2D eigenvalue weighted by Gasteiger charge is -2.21. The van der Waals surface area contributed by atoms with Crippen LogP contribution in [0.2, 0.25) is 0 Å². The molecule has 3 rings (SSSR count). The lowest BCUT2D eigenvalue weighted by Crippen LogP contribution is -2.43. The Labute approximate surface area is 132 Å². The Morgan fingerprint density at radius 1 is 1.10 bits per heavy atom. The molecule has 1 aromatic carbocycles. The van der Waals surface area contributed by atoms with Crippen LogP contribution in [0.5, 0.6) is 0 Å². The lowest BCUT2D eigenvalue weighted by molar-refractivity contribution is -0.147. The number of carbonyl (C=O) groups is 1. The number of esters is 1. The molecule has 1 aliphatic carbocycles. The van der Waals surface area contributed by atoms with Gasteiger partial charge in [-0.25, -0.2) is 0 Å². The second-order valence-corrected chi connectivity index (χ2v) is 6.04. The van der Waals surface area contributed by atoms with Gasteiger partial charge in [-0.05, 0) is 37.2 Å². The molecule has 0 bridgehead atoms. The highest BCUT2D eigenvalue weighted by molar-refractivity contribution is 5.85. The van der Waals surface area contributed by atoms with Crippen LogP contribution >= 0.6 is 12.4 Å². The minimum absolute atomic E-state index is 0. The summed E-state index contributed by atoms with van der Waals surface area (Å²) in [6.45, 7) is 0.381. The van der Waals surface area contributed by atoms with Gasteiger partial charge in [-0.1, -0.05) is 43.2 Å². The third-order valence-electron chi connectivity index (χ3n) is 4.65. The maximum atomic E-state index is 12.2. The third-order valence-corrected chi connectivity index (χ3v) is 4.65. The van der Waals surface area contributed by atoms with E-state index in [4.69, 9.17) is 4.74 Å². The number of fused-ring (bicyclic) bond motifs is 1. The summed E-state index contributed by atoms with van der Waals surface area (Å²) >= 11 is 0. The maximum absolute atomic E-state index is 12.2. The summed E-state index contributed by atoms with van der Waals surface area (Å²) in [7, 11) is 0. The molecule has 4 heteroatoms. The van der Waals surface area contributed by atoms with Crippen LogP contribution in [0.25, 0.3) is 0 Å². The zero-order valence-corrected chi connectivity index (χ0v) is 13.1. The first-order valence-electron chi connectivity index (χ1n) is 7.79. The molecule has 21 heavy (non-hydrogen) atoms. The zero-order chi connectivity index (χ0) is 13.8. The van der Waals surface area contributed by atoms with E-state index >= 15 is 0 Å². The van der Waals surface area contributed by atoms with Crippen LogP contribution in [0.1, 0.15) is 44.1 Å². The van der Waals surface area contributed by atoms with Gasteiger partial charge in [0.1, 0.15) is 12.6 Å². The van der Waals surface area contributed by atoms with Gasteiger partial charge in [0.2, 0.25) is 0 Å². The highest BCUT2D eigenvalue weighted by Crippen LogP contribution is 2.32. The summed E-state index contributed by atoms with van der Waals surface area (Å²) in [5.74, 6) is 0.698. The van der Waals surface area contributed by atoms with Gasteiger partial charge in [0.15, 0.2) is 0 Å². The summed E-state index contributed by atoms with van der Waals surface area (Å²) in [5.41, 5.74) is 1.05. The summed E-state index contributed by atoms with van der Waals surface area (Å²) in [6, 6.07) is 10.3. The quantitative estimate of drug-likeness (QED) is 0.869. The van der Waals surface area contributed by atoms with Gasteiger partial charge in [-0.3, -0.25) is 4.79 Å². The molecular formula is C17H24ClNO2. The second-order valence-electron chi connectivity index (χ2n) is 6.04. The first kappa shape index (κ1) is 16.3. The molecule has 1 saturated heterocycles. The van der Waals surface area contributed by atoms with Crippen molar-refractivity contribution in [2.24, 2.45) is 5.92 Å². The van der Waals surface area contributed by atoms with Gasteiger partial charge >= 0.3 is 5.97 Å². The van der Waals surface area contributed by atoms with E-state index < -0.39 is 0 Å². The van der Waals surface area contributed by atoms with Crippen LogP contribution in [0.3, 0.4) is 0 Å². The number of rotatable bonds is 3. The SMILES string of the molecule is Cl.O=C(OCc1ccccc1)[C@@H]1CCC[C@@H]2CCC[C@H]2N1. The van der Waals surface area contributed by atoms with E-state index in [0.717, 1.165) is 24.3 Å². The average Bonchev–Trinajstić information content (AvgIpc) is 2.83. The summed E-state index contributed by atoms with van der Waals surface area (Å²) in [6.07, 6.45) is 7.16. The van der Waals surface area contributed by atoms with Gasteiger partial charge < -0.3 is 10.1 Å². The molecule has 3 nitrogen and oxygen atoms in total. The van der Waals surface area contributed by atoms with Crippen LogP contribution in [0.4, 0.5) is 0 Å². The largest absolute Gasteiger partial charge is 0.460 e. The molecule has 0 unspecified atom stereocenters. The normalized spacial score (nSPS) is 28.1. The Kier molecular flexibility index (Phi) is 6.07. The van der Waals surface area contributed by atoms with Crippen LogP contribution in [0.15, 0.2) is 30.3 Å². The van der Waals surface area contributed by atoms with Crippen molar-refractivity contribution in [3.8, 4) is 0 Å². The fraction of sp³-hybridized carbons (Fsp3) is 0.588. The molecule has 1 N–H and O–H groups in total. The molecule has 1 aromatic rings. The predicted octanol–water partition coefficient (Wildman–Crippen LogP) is 3.46. The van der Waals surface area contributed by atoms with Crippen LogP contribution in [-0.2, 0) is 16.1 Å². The highest BCUT2D eigenvalue weighted by atomic mass is 35.5. The number of carbonyl (C=O) groups excluding carboxylic acids is 1. The average molecular weight is 310 g/mol.